The number of pyridine rings is 1. The number of hydrogen-bond donors (Lipinski definition) is 0. The molecule has 0 spiro atoms. The monoisotopic (exact) mass is 1050 g/mol. The summed E-state index contributed by atoms with van der Waals surface area (Å²) >= 11 is -2.10. The molecule has 0 saturated heterocycles. The molecule has 3 heterocycles. The Bertz CT molecular complexity index is 3300. The normalized spacial score (nSPS) is 12.0. The molecule has 0 atom stereocenters. The van der Waals surface area contributed by atoms with Gasteiger partial charge in [0.15, 0.2) is 0 Å². The molecule has 0 bridgehead atoms. The molecule has 1 radical (unpaired) electrons. The van der Waals surface area contributed by atoms with Crippen LogP contribution in [0.2, 0.25) is 17.3 Å². The molecule has 0 saturated carbocycles. The fourth-order valence-corrected chi connectivity index (χ4v) is 11.9. The number of furan rings is 1. The number of imidazole rings is 1. The molecule has 0 fully saturated rings. The van der Waals surface area contributed by atoms with Crippen molar-refractivity contribution in [3.8, 4) is 39.5 Å². The summed E-state index contributed by atoms with van der Waals surface area (Å²) in [4.78, 5) is 9.99. The maximum Gasteiger partial charge on any atom is 0 e. The summed E-state index contributed by atoms with van der Waals surface area (Å²) < 4.78 is 18.8. The Morgan fingerprint density at radius 3 is 2.15 bits per heavy atom. The third-order valence-corrected chi connectivity index (χ3v) is 16.0. The van der Waals surface area contributed by atoms with Gasteiger partial charge in [-0.15, -0.1) is 17.7 Å². The van der Waals surface area contributed by atoms with E-state index in [1.165, 1.54) is 37.4 Å². The van der Waals surface area contributed by atoms with Crippen molar-refractivity contribution in [2.24, 2.45) is 0 Å². The van der Waals surface area contributed by atoms with Crippen molar-refractivity contribution >= 4 is 61.4 Å². The average molecular weight is 1050 g/mol. The van der Waals surface area contributed by atoms with Gasteiger partial charge in [0.05, 0.1) is 22.4 Å². The molecule has 0 N–H and O–H groups in total. The Hall–Kier alpha value is -5.59. The van der Waals surface area contributed by atoms with E-state index >= 15 is 0 Å². The van der Waals surface area contributed by atoms with E-state index in [2.05, 4.69) is 183 Å². The number of para-hydroxylation sites is 1. The summed E-state index contributed by atoms with van der Waals surface area (Å²) in [6.45, 7) is 12.5. The van der Waals surface area contributed by atoms with Gasteiger partial charge in [0, 0.05) is 31.2 Å². The van der Waals surface area contributed by atoms with Crippen molar-refractivity contribution in [1.29, 1.82) is 0 Å². The minimum Gasteiger partial charge on any atom is 0 e. The smallest absolute Gasteiger partial charge is 0 e. The minimum absolute atomic E-state index is 0. The molecule has 10 rings (SSSR count). The second-order valence-corrected chi connectivity index (χ2v) is 28.1. The van der Waals surface area contributed by atoms with E-state index < -0.39 is 19.2 Å². The van der Waals surface area contributed by atoms with Crippen LogP contribution in [0.1, 0.15) is 48.9 Å². The summed E-state index contributed by atoms with van der Waals surface area (Å²) in [5.41, 5.74) is 15.9. The number of aryl methyl sites for hydroxylation is 4. The number of aromatic nitrogens is 3. The van der Waals surface area contributed by atoms with E-state index in [0.717, 1.165) is 78.0 Å². The number of fused-ring (bicyclic) bond motifs is 5. The molecular weight excluding hydrogens is 995 g/mol. The molecule has 311 valence electrons. The second-order valence-electron chi connectivity index (χ2n) is 17.6. The third kappa shape index (κ3) is 8.10. The van der Waals surface area contributed by atoms with Crippen LogP contribution in [-0.2, 0) is 20.1 Å². The number of hydrogen-bond acceptors (Lipinski definition) is 3. The van der Waals surface area contributed by atoms with Gasteiger partial charge in [0.1, 0.15) is 5.58 Å². The van der Waals surface area contributed by atoms with Crippen LogP contribution in [0, 0.1) is 39.8 Å². The van der Waals surface area contributed by atoms with E-state index in [4.69, 9.17) is 15.8 Å². The van der Waals surface area contributed by atoms with Crippen LogP contribution in [0.25, 0.3) is 83.2 Å². The number of benzene rings is 7. The van der Waals surface area contributed by atoms with Crippen molar-refractivity contribution in [3.63, 3.8) is 0 Å². The fraction of sp³-hybridized carbons (Fsp3) is 0.179. The SMILES string of the molecule is Cc1ccc2c(c1)oc1c(-c3nc4cc5ccccc5cc4n3-c3c(C)cccc3C)[c-]cc(C)c12.[2H]C(C)(C)c1cc(-c2[c-]ccc(-c3ccccc3)c2)nc[c]1[Ge]([CH3])([CH3])[CH3].[Ir]. The van der Waals surface area contributed by atoms with E-state index in [-0.39, 0.29) is 20.1 Å². The molecule has 0 unspecified atom stereocenters. The predicted molar refractivity (Wildman–Crippen MR) is 260 cm³/mol. The Morgan fingerprint density at radius 1 is 0.726 bits per heavy atom. The van der Waals surface area contributed by atoms with Gasteiger partial charge in [0.2, 0.25) is 0 Å². The Balaban J connectivity index is 0.000000180. The maximum atomic E-state index is 8.62. The second kappa shape index (κ2) is 17.3. The summed E-state index contributed by atoms with van der Waals surface area (Å²) in [7, 11) is 0. The van der Waals surface area contributed by atoms with Gasteiger partial charge in [-0.05, 0) is 66.4 Å². The Kier molecular flexibility index (Phi) is 11.6. The Labute approximate surface area is 383 Å². The zero-order chi connectivity index (χ0) is 43.5. The Morgan fingerprint density at radius 2 is 1.44 bits per heavy atom. The van der Waals surface area contributed by atoms with Crippen LogP contribution in [0.4, 0.5) is 0 Å². The van der Waals surface area contributed by atoms with Crippen LogP contribution in [0.3, 0.4) is 0 Å². The molecule has 0 aliphatic rings. The van der Waals surface area contributed by atoms with Gasteiger partial charge in [-0.25, -0.2) is 0 Å². The van der Waals surface area contributed by atoms with Gasteiger partial charge < -0.3 is 8.98 Å². The summed E-state index contributed by atoms with van der Waals surface area (Å²) in [5.74, 6) is 7.28. The van der Waals surface area contributed by atoms with Crippen LogP contribution in [0.15, 0.2) is 144 Å². The molecule has 62 heavy (non-hydrogen) atoms. The molecular formula is C56H51GeIrN3O-2. The van der Waals surface area contributed by atoms with Gasteiger partial charge in [-0.1, -0.05) is 72.5 Å². The predicted octanol–water partition coefficient (Wildman–Crippen LogP) is 14.7. The molecule has 0 aliphatic heterocycles. The van der Waals surface area contributed by atoms with Crippen molar-refractivity contribution in [2.45, 2.75) is 64.7 Å². The molecule has 6 heteroatoms. The van der Waals surface area contributed by atoms with Crippen molar-refractivity contribution < 1.29 is 25.9 Å². The van der Waals surface area contributed by atoms with E-state index in [1.54, 1.807) is 0 Å². The first kappa shape index (κ1) is 41.7. The first-order valence-corrected chi connectivity index (χ1v) is 28.4. The summed E-state index contributed by atoms with van der Waals surface area (Å²) in [6.07, 6.45) is 2.02. The standard InChI is InChI=1S/C33H25N2O.C23H26GeN.Ir/c1-19-12-14-25-29(16-19)36-32-26(15-13-20(2)30(25)32)33-34-27-17-23-10-5-6-11-24(23)18-28(27)35(33)31-21(3)8-7-9-22(31)4;1-17(2)21-15-23(25-16-22(21)24(3,4)5)20-13-9-12-19(14-20)18-10-7-6-8-11-18;/h5-14,16-18H,1-4H3;6-12,14-17H,1-5H3;/q2*-1;/i;17D;. The van der Waals surface area contributed by atoms with E-state index in [0.29, 0.717) is 0 Å². The van der Waals surface area contributed by atoms with Crippen LogP contribution < -0.4 is 4.40 Å². The quantitative estimate of drug-likeness (QED) is 0.123. The molecule has 0 aliphatic carbocycles. The molecule has 0 amide bonds. The van der Waals surface area contributed by atoms with Crippen LogP contribution in [-0.4, -0.2) is 27.8 Å². The minimum atomic E-state index is -2.10. The van der Waals surface area contributed by atoms with Crippen molar-refractivity contribution in [3.05, 3.63) is 180 Å². The summed E-state index contributed by atoms with van der Waals surface area (Å²) in [6, 6.07) is 53.3. The number of rotatable bonds is 6. The van der Waals surface area contributed by atoms with Gasteiger partial charge in [-0.2, -0.15) is 0 Å². The molecule has 3 aromatic heterocycles. The molecule has 7 aromatic carbocycles. The first-order valence-electron chi connectivity index (χ1n) is 21.6. The van der Waals surface area contributed by atoms with Gasteiger partial charge >= 0.3 is 156 Å². The zero-order valence-electron chi connectivity index (χ0n) is 37.9. The van der Waals surface area contributed by atoms with Crippen molar-refractivity contribution in [1.82, 2.24) is 14.5 Å². The maximum absolute atomic E-state index is 8.62. The van der Waals surface area contributed by atoms with E-state index in [1.807, 2.05) is 32.2 Å². The molecule has 10 aromatic rings. The molecule has 4 nitrogen and oxygen atoms in total. The van der Waals surface area contributed by atoms with Crippen LogP contribution >= 0.6 is 0 Å². The van der Waals surface area contributed by atoms with Crippen molar-refractivity contribution in [2.75, 3.05) is 0 Å². The third-order valence-electron chi connectivity index (χ3n) is 11.7. The van der Waals surface area contributed by atoms with Gasteiger partial charge in [0.25, 0.3) is 0 Å². The number of nitrogens with zero attached hydrogens (tertiary/aromatic N) is 3. The first-order chi connectivity index (χ1) is 29.7. The summed E-state index contributed by atoms with van der Waals surface area (Å²) in [5, 5.41) is 4.63. The average Bonchev–Trinajstić information content (AvgIpc) is 3.81. The zero-order valence-corrected chi connectivity index (χ0v) is 41.4. The van der Waals surface area contributed by atoms with Gasteiger partial charge in [-0.3, -0.25) is 4.98 Å². The largest absolute Gasteiger partial charge is 0 e. The fourth-order valence-electron chi connectivity index (χ4n) is 8.61. The van der Waals surface area contributed by atoms with Crippen LogP contribution in [0.5, 0.6) is 0 Å². The topological polar surface area (TPSA) is 43.9 Å². The van der Waals surface area contributed by atoms with E-state index in [9.17, 15) is 0 Å².